The van der Waals surface area contributed by atoms with Crippen LogP contribution in [0.5, 0.6) is 0 Å². The molecule has 0 aliphatic carbocycles. The molecule has 0 aromatic heterocycles. The molecule has 3 aliphatic rings. The summed E-state index contributed by atoms with van der Waals surface area (Å²) in [5, 5.41) is 0. The van der Waals surface area contributed by atoms with Gasteiger partial charge in [0.1, 0.15) is 0 Å². The molecule has 3 nitrogen and oxygen atoms in total. The minimum absolute atomic E-state index is 0.0318. The molecule has 4 rings (SSSR count). The summed E-state index contributed by atoms with van der Waals surface area (Å²) in [5.74, 6) is 1.91. The third-order valence-corrected chi connectivity index (χ3v) is 3.32. The number of rotatable bonds is 2. The Morgan fingerprint density at radius 3 is 2.24 bits per heavy atom. The van der Waals surface area contributed by atoms with E-state index in [2.05, 4.69) is 6.92 Å². The highest BCUT2D eigenvalue weighted by Crippen LogP contribution is 2.35. The van der Waals surface area contributed by atoms with Crippen LogP contribution < -0.4 is 0 Å². The summed E-state index contributed by atoms with van der Waals surface area (Å²) >= 11 is 0. The van der Waals surface area contributed by atoms with Crippen LogP contribution in [0, 0.1) is 5.41 Å². The summed E-state index contributed by atoms with van der Waals surface area (Å²) in [4.78, 5) is 0. The first-order chi connectivity index (χ1) is 8.20. The van der Waals surface area contributed by atoms with Crippen molar-refractivity contribution in [3.8, 4) is 0 Å². The van der Waals surface area contributed by atoms with E-state index in [-0.39, 0.29) is 5.41 Å². The molecule has 1 aromatic carbocycles. The minimum atomic E-state index is -1.66. The Morgan fingerprint density at radius 2 is 1.65 bits per heavy atom. The molecule has 1 aromatic rings. The maximum Gasteiger partial charge on any atom is 0.402 e. The molecule has 4 heteroatoms. The van der Waals surface area contributed by atoms with Crippen LogP contribution in [0.15, 0.2) is 36.3 Å². The summed E-state index contributed by atoms with van der Waals surface area (Å²) in [6.45, 7) is 2.61. The van der Waals surface area contributed by atoms with Crippen molar-refractivity contribution in [3.63, 3.8) is 0 Å². The van der Waals surface area contributed by atoms with Gasteiger partial charge in [0.05, 0.1) is 0 Å². The molecule has 2 bridgehead atoms. The molecule has 0 saturated carbocycles. The monoisotopic (exact) mass is 231 g/mol. The van der Waals surface area contributed by atoms with Crippen molar-refractivity contribution in [2.45, 2.75) is 6.92 Å². The van der Waals surface area contributed by atoms with Gasteiger partial charge in [0.15, 0.2) is 0 Å². The SMILES string of the molecule is CC12CO[B-](/C=C/c3ccccc3)(OC1)OC2. The Bertz CT molecular complexity index is 405. The Morgan fingerprint density at radius 1 is 1.06 bits per heavy atom. The second-order valence-corrected chi connectivity index (χ2v) is 5.21. The second kappa shape index (κ2) is 3.98. The molecule has 0 unspecified atom stereocenters. The molecule has 0 N–H and O–H groups in total. The fraction of sp³-hybridized carbons (Fsp3) is 0.385. The molecule has 0 amide bonds. The smallest absolute Gasteiger partial charge is 0.402 e. The van der Waals surface area contributed by atoms with Crippen molar-refractivity contribution in [2.75, 3.05) is 19.8 Å². The highest BCUT2D eigenvalue weighted by molar-refractivity contribution is 6.67. The lowest BCUT2D eigenvalue weighted by molar-refractivity contribution is -0.120. The van der Waals surface area contributed by atoms with Crippen molar-refractivity contribution in [1.29, 1.82) is 0 Å². The van der Waals surface area contributed by atoms with Crippen molar-refractivity contribution >= 4 is 12.8 Å². The number of hydrogen-bond donors (Lipinski definition) is 0. The number of fused-ring (bicyclic) bond motifs is 3. The molecular formula is C13H16BO3-. The van der Waals surface area contributed by atoms with E-state index in [4.69, 9.17) is 14.0 Å². The predicted octanol–water partition coefficient (Wildman–Crippen LogP) is 2.26. The normalized spacial score (nSPS) is 36.5. The molecule has 17 heavy (non-hydrogen) atoms. The summed E-state index contributed by atoms with van der Waals surface area (Å²) in [6, 6.07) is 10.1. The lowest BCUT2D eigenvalue weighted by Crippen LogP contribution is -2.62. The van der Waals surface area contributed by atoms with Gasteiger partial charge in [-0.05, 0) is 5.56 Å². The van der Waals surface area contributed by atoms with E-state index in [1.165, 1.54) is 0 Å². The maximum atomic E-state index is 5.72. The number of benzene rings is 1. The summed E-state index contributed by atoms with van der Waals surface area (Å²) in [6.07, 6.45) is 1.99. The lowest BCUT2D eigenvalue weighted by Gasteiger charge is -2.56. The van der Waals surface area contributed by atoms with Crippen LogP contribution in [0.2, 0.25) is 0 Å². The molecule has 3 saturated heterocycles. The standard InChI is InChI=1S/C13H16BO3/c1-13-9-15-14(16-10-13,17-11-13)8-7-12-5-3-2-4-6-12/h2-8H,9-11H2,1H3/q-1/b8-7+. The molecule has 0 radical (unpaired) electrons. The van der Waals surface area contributed by atoms with Gasteiger partial charge in [-0.2, -0.15) is 5.98 Å². The summed E-state index contributed by atoms with van der Waals surface area (Å²) in [7, 11) is 0. The van der Waals surface area contributed by atoms with Gasteiger partial charge in [0.2, 0.25) is 0 Å². The molecule has 3 heterocycles. The van der Waals surface area contributed by atoms with Crippen LogP contribution in [0.25, 0.3) is 6.08 Å². The van der Waals surface area contributed by atoms with Crippen molar-refractivity contribution in [1.82, 2.24) is 0 Å². The minimum Gasteiger partial charge on any atom is -0.540 e. The Kier molecular flexibility index (Phi) is 2.58. The topological polar surface area (TPSA) is 27.7 Å². The zero-order valence-electron chi connectivity index (χ0n) is 9.96. The Balaban J connectivity index is 1.76. The zero-order valence-corrected chi connectivity index (χ0v) is 9.96. The fourth-order valence-corrected chi connectivity index (χ4v) is 2.18. The highest BCUT2D eigenvalue weighted by Gasteiger charge is 2.44. The van der Waals surface area contributed by atoms with E-state index in [0.717, 1.165) is 5.56 Å². The average Bonchev–Trinajstić information content (AvgIpc) is 2.40. The largest absolute Gasteiger partial charge is 0.540 e. The maximum absolute atomic E-state index is 5.72. The first-order valence-electron chi connectivity index (χ1n) is 6.00. The Labute approximate surface area is 101 Å². The van der Waals surface area contributed by atoms with E-state index in [0.29, 0.717) is 19.8 Å². The third kappa shape index (κ3) is 2.16. The quantitative estimate of drug-likeness (QED) is 0.730. The van der Waals surface area contributed by atoms with E-state index in [1.807, 2.05) is 42.4 Å². The molecule has 0 spiro atoms. The molecule has 90 valence electrons. The molecule has 3 aliphatic heterocycles. The van der Waals surface area contributed by atoms with Crippen LogP contribution >= 0.6 is 0 Å². The van der Waals surface area contributed by atoms with E-state index in [1.54, 1.807) is 0 Å². The van der Waals surface area contributed by atoms with Gasteiger partial charge in [0, 0.05) is 25.2 Å². The van der Waals surface area contributed by atoms with Gasteiger partial charge in [-0.25, -0.2) is 0 Å². The first-order valence-corrected chi connectivity index (χ1v) is 6.00. The highest BCUT2D eigenvalue weighted by atomic mass is 16.8. The van der Waals surface area contributed by atoms with Crippen molar-refractivity contribution < 1.29 is 14.0 Å². The van der Waals surface area contributed by atoms with Crippen LogP contribution in [0.3, 0.4) is 0 Å². The van der Waals surface area contributed by atoms with Crippen LogP contribution in [0.4, 0.5) is 0 Å². The Hall–Kier alpha value is -1.10. The summed E-state index contributed by atoms with van der Waals surface area (Å²) < 4.78 is 17.2. The fourth-order valence-electron chi connectivity index (χ4n) is 2.18. The van der Waals surface area contributed by atoms with Crippen LogP contribution in [-0.2, 0) is 14.0 Å². The molecule has 0 atom stereocenters. The molecule has 3 fully saturated rings. The van der Waals surface area contributed by atoms with Gasteiger partial charge in [-0.1, -0.05) is 43.3 Å². The lowest BCUT2D eigenvalue weighted by atomic mass is 9.70. The van der Waals surface area contributed by atoms with Gasteiger partial charge in [-0.15, -0.1) is 0 Å². The first kappa shape index (κ1) is 11.0. The molecular weight excluding hydrogens is 215 g/mol. The van der Waals surface area contributed by atoms with E-state index >= 15 is 0 Å². The van der Waals surface area contributed by atoms with Gasteiger partial charge >= 0.3 is 6.75 Å². The van der Waals surface area contributed by atoms with Crippen molar-refractivity contribution in [3.05, 3.63) is 41.9 Å². The van der Waals surface area contributed by atoms with Gasteiger partial charge < -0.3 is 14.0 Å². The van der Waals surface area contributed by atoms with E-state index < -0.39 is 6.75 Å². The zero-order chi connectivity index (χ0) is 11.8. The van der Waals surface area contributed by atoms with Gasteiger partial charge in [0.25, 0.3) is 0 Å². The third-order valence-electron chi connectivity index (χ3n) is 3.32. The van der Waals surface area contributed by atoms with E-state index in [9.17, 15) is 0 Å². The van der Waals surface area contributed by atoms with Crippen LogP contribution in [-0.4, -0.2) is 26.6 Å². The summed E-state index contributed by atoms with van der Waals surface area (Å²) in [5.41, 5.74) is 1.16. The second-order valence-electron chi connectivity index (χ2n) is 5.21. The predicted molar refractivity (Wildman–Crippen MR) is 67.2 cm³/mol. The van der Waals surface area contributed by atoms with Gasteiger partial charge in [-0.3, -0.25) is 0 Å². The average molecular weight is 231 g/mol. The van der Waals surface area contributed by atoms with Crippen LogP contribution in [0.1, 0.15) is 12.5 Å². The number of hydrogen-bond acceptors (Lipinski definition) is 3. The van der Waals surface area contributed by atoms with Crippen molar-refractivity contribution in [2.24, 2.45) is 5.41 Å².